The molecule has 1 amide bonds. The molecule has 102 valence electrons. The SMILES string of the molecule is NCCCC(=O)NCCCc1nc2ccccc2[nH]1. The zero-order chi connectivity index (χ0) is 13.5. The Balaban J connectivity index is 1.72. The Bertz CT molecular complexity index is 502. The molecule has 0 aliphatic rings. The van der Waals surface area contributed by atoms with Crippen LogP contribution in [0.25, 0.3) is 11.0 Å². The molecule has 0 atom stereocenters. The molecule has 0 fully saturated rings. The first-order valence-corrected chi connectivity index (χ1v) is 6.70. The number of H-pyrrole nitrogens is 1. The summed E-state index contributed by atoms with van der Waals surface area (Å²) in [6, 6.07) is 7.97. The van der Waals surface area contributed by atoms with Crippen LogP contribution in [0, 0.1) is 0 Å². The molecule has 1 aromatic carbocycles. The van der Waals surface area contributed by atoms with Crippen LogP contribution < -0.4 is 11.1 Å². The van der Waals surface area contributed by atoms with E-state index < -0.39 is 0 Å². The van der Waals surface area contributed by atoms with E-state index in [9.17, 15) is 4.79 Å². The quantitative estimate of drug-likeness (QED) is 0.657. The van der Waals surface area contributed by atoms with Crippen molar-refractivity contribution >= 4 is 16.9 Å². The van der Waals surface area contributed by atoms with Crippen molar-refractivity contribution in [2.24, 2.45) is 5.73 Å². The first-order chi connectivity index (χ1) is 9.29. The molecule has 0 saturated carbocycles. The van der Waals surface area contributed by atoms with Crippen LogP contribution in [-0.2, 0) is 11.2 Å². The molecule has 0 radical (unpaired) electrons. The summed E-state index contributed by atoms with van der Waals surface area (Å²) in [5.74, 6) is 1.05. The minimum atomic E-state index is 0.0788. The van der Waals surface area contributed by atoms with Crippen molar-refractivity contribution in [1.29, 1.82) is 0 Å². The highest BCUT2D eigenvalue weighted by molar-refractivity contribution is 5.76. The van der Waals surface area contributed by atoms with Crippen LogP contribution in [0.1, 0.15) is 25.1 Å². The molecule has 2 aromatic rings. The summed E-state index contributed by atoms with van der Waals surface area (Å²) >= 11 is 0. The van der Waals surface area contributed by atoms with Crippen LogP contribution in [0.15, 0.2) is 24.3 Å². The molecular formula is C14H20N4O. The van der Waals surface area contributed by atoms with E-state index in [-0.39, 0.29) is 5.91 Å². The molecule has 19 heavy (non-hydrogen) atoms. The molecule has 0 aliphatic heterocycles. The Morgan fingerprint density at radius 3 is 2.95 bits per heavy atom. The molecule has 0 saturated heterocycles. The second-order valence-corrected chi connectivity index (χ2v) is 4.55. The number of aryl methyl sites for hydroxylation is 1. The van der Waals surface area contributed by atoms with Gasteiger partial charge in [0.25, 0.3) is 0 Å². The van der Waals surface area contributed by atoms with Crippen LogP contribution in [0.5, 0.6) is 0 Å². The van der Waals surface area contributed by atoms with Crippen LogP contribution in [0.2, 0.25) is 0 Å². The zero-order valence-corrected chi connectivity index (χ0v) is 11.0. The highest BCUT2D eigenvalue weighted by Gasteiger charge is 2.03. The highest BCUT2D eigenvalue weighted by Crippen LogP contribution is 2.10. The molecule has 1 heterocycles. The number of fused-ring (bicyclic) bond motifs is 1. The van der Waals surface area contributed by atoms with Crippen molar-refractivity contribution < 1.29 is 4.79 Å². The summed E-state index contributed by atoms with van der Waals surface area (Å²) in [5.41, 5.74) is 7.40. The minimum Gasteiger partial charge on any atom is -0.356 e. The van der Waals surface area contributed by atoms with Gasteiger partial charge >= 0.3 is 0 Å². The molecular weight excluding hydrogens is 240 g/mol. The maximum atomic E-state index is 11.4. The van der Waals surface area contributed by atoms with Crippen LogP contribution in [0.4, 0.5) is 0 Å². The van der Waals surface area contributed by atoms with Gasteiger partial charge in [-0.15, -0.1) is 0 Å². The average Bonchev–Trinajstić information content (AvgIpc) is 2.84. The lowest BCUT2D eigenvalue weighted by molar-refractivity contribution is -0.121. The third kappa shape index (κ3) is 4.06. The minimum absolute atomic E-state index is 0.0788. The standard InChI is InChI=1S/C14H20N4O/c15-9-3-8-14(19)16-10-4-7-13-17-11-5-1-2-6-12(11)18-13/h1-2,5-6H,3-4,7-10,15H2,(H,16,19)(H,17,18). The van der Waals surface area contributed by atoms with Crippen LogP contribution in [-0.4, -0.2) is 29.0 Å². The fraction of sp³-hybridized carbons (Fsp3) is 0.429. The number of amides is 1. The third-order valence-electron chi connectivity index (χ3n) is 2.96. The van der Waals surface area contributed by atoms with Gasteiger partial charge in [0, 0.05) is 19.4 Å². The van der Waals surface area contributed by atoms with E-state index in [1.54, 1.807) is 0 Å². The van der Waals surface area contributed by atoms with Crippen molar-refractivity contribution in [3.05, 3.63) is 30.1 Å². The van der Waals surface area contributed by atoms with Crippen LogP contribution >= 0.6 is 0 Å². The lowest BCUT2D eigenvalue weighted by Gasteiger charge is -2.03. The van der Waals surface area contributed by atoms with Crippen molar-refractivity contribution in [3.63, 3.8) is 0 Å². The van der Waals surface area contributed by atoms with Crippen molar-refractivity contribution in [3.8, 4) is 0 Å². The summed E-state index contributed by atoms with van der Waals surface area (Å²) in [7, 11) is 0. The molecule has 0 aliphatic carbocycles. The number of nitrogens with zero attached hydrogens (tertiary/aromatic N) is 1. The number of benzene rings is 1. The lowest BCUT2D eigenvalue weighted by atomic mass is 10.2. The van der Waals surface area contributed by atoms with E-state index in [0.717, 1.165) is 36.1 Å². The van der Waals surface area contributed by atoms with E-state index in [0.29, 0.717) is 19.5 Å². The van der Waals surface area contributed by atoms with Gasteiger partial charge in [-0.2, -0.15) is 0 Å². The van der Waals surface area contributed by atoms with E-state index in [2.05, 4.69) is 15.3 Å². The largest absolute Gasteiger partial charge is 0.356 e. The van der Waals surface area contributed by atoms with E-state index >= 15 is 0 Å². The van der Waals surface area contributed by atoms with Gasteiger partial charge in [0.2, 0.25) is 5.91 Å². The van der Waals surface area contributed by atoms with Gasteiger partial charge in [0.1, 0.15) is 5.82 Å². The number of hydrogen-bond acceptors (Lipinski definition) is 3. The van der Waals surface area contributed by atoms with Crippen molar-refractivity contribution in [2.45, 2.75) is 25.7 Å². The second kappa shape index (κ2) is 6.89. The van der Waals surface area contributed by atoms with Crippen molar-refractivity contribution in [1.82, 2.24) is 15.3 Å². The second-order valence-electron chi connectivity index (χ2n) is 4.55. The van der Waals surface area contributed by atoms with Crippen molar-refractivity contribution in [2.75, 3.05) is 13.1 Å². The summed E-state index contributed by atoms with van der Waals surface area (Å²) < 4.78 is 0. The molecule has 0 spiro atoms. The molecule has 5 nitrogen and oxygen atoms in total. The topological polar surface area (TPSA) is 83.8 Å². The normalized spacial score (nSPS) is 10.8. The number of imidazole rings is 1. The number of rotatable bonds is 7. The fourth-order valence-electron chi connectivity index (χ4n) is 1.96. The Kier molecular flexibility index (Phi) is 4.92. The molecule has 0 bridgehead atoms. The number of hydrogen-bond donors (Lipinski definition) is 3. The molecule has 1 aromatic heterocycles. The summed E-state index contributed by atoms with van der Waals surface area (Å²) in [6.07, 6.45) is 2.98. The highest BCUT2D eigenvalue weighted by atomic mass is 16.1. The number of nitrogens with two attached hydrogens (primary N) is 1. The zero-order valence-electron chi connectivity index (χ0n) is 11.0. The van der Waals surface area contributed by atoms with Gasteiger partial charge in [-0.1, -0.05) is 12.1 Å². The first kappa shape index (κ1) is 13.5. The molecule has 0 unspecified atom stereocenters. The fourth-order valence-corrected chi connectivity index (χ4v) is 1.96. The average molecular weight is 260 g/mol. The number of para-hydroxylation sites is 2. The van der Waals surface area contributed by atoms with Crippen LogP contribution in [0.3, 0.4) is 0 Å². The smallest absolute Gasteiger partial charge is 0.220 e. The predicted molar refractivity (Wildman–Crippen MR) is 75.7 cm³/mol. The maximum absolute atomic E-state index is 11.4. The molecule has 2 rings (SSSR count). The van der Waals surface area contributed by atoms with Gasteiger partial charge in [-0.3, -0.25) is 4.79 Å². The number of carbonyl (C=O) groups excluding carboxylic acids is 1. The van der Waals surface area contributed by atoms with Gasteiger partial charge in [0.15, 0.2) is 0 Å². The van der Waals surface area contributed by atoms with E-state index in [4.69, 9.17) is 5.73 Å². The molecule has 5 heteroatoms. The maximum Gasteiger partial charge on any atom is 0.220 e. The summed E-state index contributed by atoms with van der Waals surface area (Å²) in [4.78, 5) is 19.1. The van der Waals surface area contributed by atoms with Gasteiger partial charge in [-0.05, 0) is 31.5 Å². The Hall–Kier alpha value is -1.88. The number of carbonyl (C=O) groups is 1. The van der Waals surface area contributed by atoms with Gasteiger partial charge in [-0.25, -0.2) is 4.98 Å². The Labute approximate surface area is 112 Å². The summed E-state index contributed by atoms with van der Waals surface area (Å²) in [5, 5.41) is 2.89. The summed E-state index contributed by atoms with van der Waals surface area (Å²) in [6.45, 7) is 1.24. The van der Waals surface area contributed by atoms with Gasteiger partial charge in [0.05, 0.1) is 11.0 Å². The Morgan fingerprint density at radius 2 is 2.16 bits per heavy atom. The van der Waals surface area contributed by atoms with Gasteiger partial charge < -0.3 is 16.0 Å². The third-order valence-corrected chi connectivity index (χ3v) is 2.96. The monoisotopic (exact) mass is 260 g/mol. The van der Waals surface area contributed by atoms with E-state index in [1.807, 2.05) is 24.3 Å². The Morgan fingerprint density at radius 1 is 1.32 bits per heavy atom. The molecule has 4 N–H and O–H groups in total. The van der Waals surface area contributed by atoms with E-state index in [1.165, 1.54) is 0 Å². The number of nitrogens with one attached hydrogen (secondary N) is 2. The first-order valence-electron chi connectivity index (χ1n) is 6.70. The lowest BCUT2D eigenvalue weighted by Crippen LogP contribution is -2.25. The number of aromatic nitrogens is 2. The number of aromatic amines is 1. The predicted octanol–water partition coefficient (Wildman–Crippen LogP) is 1.35.